The number of methoxy groups -OCH3 is 2. The Morgan fingerprint density at radius 3 is 2.37 bits per heavy atom. The molecule has 0 saturated carbocycles. The second-order valence-corrected chi connectivity index (χ2v) is 7.58. The third-order valence-electron chi connectivity index (χ3n) is 3.78. The number of hydrogen-bond acceptors (Lipinski definition) is 5. The molecule has 0 bridgehead atoms. The Bertz CT molecular complexity index is 918. The first-order valence-electron chi connectivity index (χ1n) is 7.96. The molecular weight excluding hydrogens is 375 g/mol. The van der Waals surface area contributed by atoms with E-state index in [0.29, 0.717) is 17.1 Å². The van der Waals surface area contributed by atoms with Gasteiger partial charge < -0.3 is 14.8 Å². The molecule has 2 aromatic rings. The molecule has 1 amide bonds. The minimum absolute atomic E-state index is 0.0466. The predicted octanol–water partition coefficient (Wildman–Crippen LogP) is 1.93. The standard InChI is InChI=1S/C18H21FN2O5S/c1-25-16-9-8-14(10-17(16)26-2)21(27(3,23)24)12-18(22)20-11-13-6-4-5-7-15(13)19/h4-10H,11-12H2,1-3H3,(H,20,22). The number of sulfonamides is 1. The smallest absolute Gasteiger partial charge is 0.241 e. The molecule has 0 aliphatic carbocycles. The second kappa shape index (κ2) is 8.72. The van der Waals surface area contributed by atoms with Crippen molar-refractivity contribution in [2.24, 2.45) is 0 Å². The maximum absolute atomic E-state index is 13.6. The summed E-state index contributed by atoms with van der Waals surface area (Å²) in [7, 11) is -0.862. The highest BCUT2D eigenvalue weighted by molar-refractivity contribution is 7.92. The summed E-state index contributed by atoms with van der Waals surface area (Å²) in [6.07, 6.45) is 0.994. The Hall–Kier alpha value is -2.81. The van der Waals surface area contributed by atoms with Crippen molar-refractivity contribution in [1.29, 1.82) is 0 Å². The van der Waals surface area contributed by atoms with E-state index >= 15 is 0 Å². The SMILES string of the molecule is COc1ccc(N(CC(=O)NCc2ccccc2F)S(C)(=O)=O)cc1OC. The van der Waals surface area contributed by atoms with Gasteiger partial charge in [-0.15, -0.1) is 0 Å². The predicted molar refractivity (Wildman–Crippen MR) is 100.0 cm³/mol. The summed E-state index contributed by atoms with van der Waals surface area (Å²) in [5.74, 6) is -0.259. The van der Waals surface area contributed by atoms with Gasteiger partial charge in [-0.1, -0.05) is 18.2 Å². The van der Waals surface area contributed by atoms with Crippen LogP contribution in [0.3, 0.4) is 0 Å². The number of carbonyl (C=O) groups excluding carboxylic acids is 1. The summed E-state index contributed by atoms with van der Waals surface area (Å²) >= 11 is 0. The zero-order valence-electron chi connectivity index (χ0n) is 15.2. The van der Waals surface area contributed by atoms with E-state index in [-0.39, 0.29) is 12.2 Å². The lowest BCUT2D eigenvalue weighted by molar-refractivity contribution is -0.119. The number of anilines is 1. The molecule has 27 heavy (non-hydrogen) atoms. The average Bonchev–Trinajstić information content (AvgIpc) is 2.64. The number of ether oxygens (including phenoxy) is 2. The largest absolute Gasteiger partial charge is 0.493 e. The average molecular weight is 396 g/mol. The van der Waals surface area contributed by atoms with Crippen molar-refractivity contribution in [3.05, 3.63) is 53.8 Å². The van der Waals surface area contributed by atoms with Gasteiger partial charge in [-0.25, -0.2) is 12.8 Å². The Balaban J connectivity index is 2.18. The molecule has 9 heteroatoms. The summed E-state index contributed by atoms with van der Waals surface area (Å²) in [5.41, 5.74) is 0.555. The quantitative estimate of drug-likeness (QED) is 0.737. The number of amides is 1. The van der Waals surface area contributed by atoms with Crippen LogP contribution in [-0.2, 0) is 21.4 Å². The first kappa shape index (κ1) is 20.5. The molecule has 1 N–H and O–H groups in total. The Kier molecular flexibility index (Phi) is 6.62. The first-order valence-corrected chi connectivity index (χ1v) is 9.81. The highest BCUT2D eigenvalue weighted by Crippen LogP contribution is 2.32. The molecule has 0 unspecified atom stereocenters. The van der Waals surface area contributed by atoms with Crippen LogP contribution < -0.4 is 19.1 Å². The third kappa shape index (κ3) is 5.33. The molecule has 0 saturated heterocycles. The number of hydrogen-bond donors (Lipinski definition) is 1. The van der Waals surface area contributed by atoms with E-state index in [4.69, 9.17) is 9.47 Å². The van der Waals surface area contributed by atoms with Gasteiger partial charge in [0.05, 0.1) is 26.2 Å². The molecule has 146 valence electrons. The van der Waals surface area contributed by atoms with Gasteiger partial charge in [-0.05, 0) is 18.2 Å². The molecule has 0 aliphatic heterocycles. The summed E-state index contributed by atoms with van der Waals surface area (Å²) in [5, 5.41) is 2.52. The summed E-state index contributed by atoms with van der Waals surface area (Å²) in [4.78, 5) is 12.2. The number of nitrogens with zero attached hydrogens (tertiary/aromatic N) is 1. The lowest BCUT2D eigenvalue weighted by atomic mass is 10.2. The van der Waals surface area contributed by atoms with E-state index in [1.165, 1.54) is 38.5 Å². The number of nitrogens with one attached hydrogen (secondary N) is 1. The van der Waals surface area contributed by atoms with Crippen molar-refractivity contribution < 1.29 is 27.1 Å². The number of benzene rings is 2. The van der Waals surface area contributed by atoms with Crippen LogP contribution in [-0.4, -0.2) is 41.3 Å². The highest BCUT2D eigenvalue weighted by Gasteiger charge is 2.22. The fourth-order valence-corrected chi connectivity index (χ4v) is 3.25. The van der Waals surface area contributed by atoms with Crippen molar-refractivity contribution in [3.63, 3.8) is 0 Å². The van der Waals surface area contributed by atoms with Crippen molar-refractivity contribution in [2.75, 3.05) is 31.3 Å². The van der Waals surface area contributed by atoms with Crippen molar-refractivity contribution in [2.45, 2.75) is 6.54 Å². The third-order valence-corrected chi connectivity index (χ3v) is 4.92. The van der Waals surface area contributed by atoms with Crippen LogP contribution in [0.5, 0.6) is 11.5 Å². The normalized spacial score (nSPS) is 11.0. The number of carbonyl (C=O) groups is 1. The van der Waals surface area contributed by atoms with Crippen LogP contribution in [0.25, 0.3) is 0 Å². The first-order chi connectivity index (χ1) is 12.8. The zero-order valence-corrected chi connectivity index (χ0v) is 16.0. The molecule has 0 spiro atoms. The maximum atomic E-state index is 13.6. The lowest BCUT2D eigenvalue weighted by Gasteiger charge is -2.23. The minimum Gasteiger partial charge on any atom is -0.493 e. The van der Waals surface area contributed by atoms with Gasteiger partial charge in [0.2, 0.25) is 15.9 Å². The van der Waals surface area contributed by atoms with Gasteiger partial charge in [-0.3, -0.25) is 9.10 Å². The van der Waals surface area contributed by atoms with E-state index in [9.17, 15) is 17.6 Å². The maximum Gasteiger partial charge on any atom is 0.241 e. The molecule has 0 atom stereocenters. The molecular formula is C18H21FN2O5S. The van der Waals surface area contributed by atoms with E-state index in [1.807, 2.05) is 0 Å². The highest BCUT2D eigenvalue weighted by atomic mass is 32.2. The van der Waals surface area contributed by atoms with Gasteiger partial charge in [0.25, 0.3) is 0 Å². The van der Waals surface area contributed by atoms with Gasteiger partial charge in [-0.2, -0.15) is 0 Å². The Morgan fingerprint density at radius 1 is 1.11 bits per heavy atom. The van der Waals surface area contributed by atoms with Crippen LogP contribution >= 0.6 is 0 Å². The molecule has 2 rings (SSSR count). The molecule has 7 nitrogen and oxygen atoms in total. The van der Waals surface area contributed by atoms with E-state index in [1.54, 1.807) is 18.2 Å². The zero-order chi connectivity index (χ0) is 20.0. The fraction of sp³-hybridized carbons (Fsp3) is 0.278. The molecule has 2 aromatic carbocycles. The second-order valence-electron chi connectivity index (χ2n) is 5.68. The minimum atomic E-state index is -3.75. The van der Waals surface area contributed by atoms with Crippen molar-refractivity contribution in [1.82, 2.24) is 5.32 Å². The molecule has 0 heterocycles. The van der Waals surface area contributed by atoms with Crippen molar-refractivity contribution in [3.8, 4) is 11.5 Å². The lowest BCUT2D eigenvalue weighted by Crippen LogP contribution is -2.40. The van der Waals surface area contributed by atoms with Gasteiger partial charge in [0.1, 0.15) is 12.4 Å². The molecule has 0 aliphatic rings. The summed E-state index contributed by atoms with van der Waals surface area (Å²) in [6, 6.07) is 10.5. The summed E-state index contributed by atoms with van der Waals surface area (Å²) in [6.45, 7) is -0.502. The van der Waals surface area contributed by atoms with Gasteiger partial charge in [0.15, 0.2) is 11.5 Å². The van der Waals surface area contributed by atoms with E-state index in [0.717, 1.165) is 10.6 Å². The van der Waals surface area contributed by atoms with E-state index < -0.39 is 28.3 Å². The monoisotopic (exact) mass is 396 g/mol. The fourth-order valence-electron chi connectivity index (χ4n) is 2.40. The van der Waals surface area contributed by atoms with Crippen LogP contribution in [0, 0.1) is 5.82 Å². The van der Waals surface area contributed by atoms with Crippen LogP contribution in [0.15, 0.2) is 42.5 Å². The number of rotatable bonds is 8. The van der Waals surface area contributed by atoms with Crippen LogP contribution in [0.4, 0.5) is 10.1 Å². The van der Waals surface area contributed by atoms with Crippen molar-refractivity contribution >= 4 is 21.6 Å². The summed E-state index contributed by atoms with van der Waals surface area (Å²) < 4.78 is 49.2. The molecule has 0 radical (unpaired) electrons. The van der Waals surface area contributed by atoms with E-state index in [2.05, 4.69) is 5.32 Å². The van der Waals surface area contributed by atoms with Crippen LogP contribution in [0.1, 0.15) is 5.56 Å². The van der Waals surface area contributed by atoms with Gasteiger partial charge in [0, 0.05) is 18.2 Å². The Morgan fingerprint density at radius 2 is 1.78 bits per heavy atom. The van der Waals surface area contributed by atoms with Gasteiger partial charge >= 0.3 is 0 Å². The Labute approximate surface area is 157 Å². The topological polar surface area (TPSA) is 84.9 Å². The molecule has 0 aromatic heterocycles. The number of halogens is 1. The molecule has 0 fully saturated rings. The van der Waals surface area contributed by atoms with Crippen LogP contribution in [0.2, 0.25) is 0 Å².